The Hall–Kier alpha value is -0.970. The van der Waals surface area contributed by atoms with Crippen LogP contribution in [-0.2, 0) is 11.3 Å². The molecule has 0 radical (unpaired) electrons. The maximum Gasteiger partial charge on any atom is 0.313 e. The third-order valence-corrected chi connectivity index (χ3v) is 2.91. The van der Waals surface area contributed by atoms with Gasteiger partial charge in [-0.25, -0.2) is 4.98 Å². The van der Waals surface area contributed by atoms with Gasteiger partial charge in [-0.3, -0.25) is 4.79 Å². The van der Waals surface area contributed by atoms with Gasteiger partial charge in [-0.05, 0) is 13.3 Å². The van der Waals surface area contributed by atoms with Gasteiger partial charge in [0, 0.05) is 12.7 Å². The minimum atomic E-state index is -0.803. The number of hydrogen-bond acceptors (Lipinski definition) is 3. The first-order chi connectivity index (χ1) is 7.13. The van der Waals surface area contributed by atoms with Gasteiger partial charge in [-0.1, -0.05) is 25.1 Å². The van der Waals surface area contributed by atoms with Crippen molar-refractivity contribution in [1.29, 1.82) is 0 Å². The largest absolute Gasteiger partial charge is 0.481 e. The molecule has 1 rings (SSSR count). The van der Waals surface area contributed by atoms with Crippen LogP contribution in [0.25, 0.3) is 0 Å². The van der Waals surface area contributed by atoms with Crippen molar-refractivity contribution in [3.05, 3.63) is 11.9 Å². The van der Waals surface area contributed by atoms with Crippen molar-refractivity contribution in [1.82, 2.24) is 9.55 Å². The molecule has 1 N–H and O–H groups in total. The molecule has 0 amide bonds. The molecule has 0 spiro atoms. The van der Waals surface area contributed by atoms with Crippen molar-refractivity contribution in [2.45, 2.75) is 38.4 Å². The van der Waals surface area contributed by atoms with Gasteiger partial charge in [0.2, 0.25) is 0 Å². The fraction of sp³-hybridized carbons (Fsp3) is 0.600. The Balaban J connectivity index is 2.63. The standard InChI is InChI=1S/C10H16N2O2S/c1-3-4-5-12-6-8(2)11-10(12)15-7-9(13)14/h6H,3-5,7H2,1-2H3,(H,13,14). The second kappa shape index (κ2) is 5.80. The molecular weight excluding hydrogens is 212 g/mol. The summed E-state index contributed by atoms with van der Waals surface area (Å²) in [5.41, 5.74) is 0.944. The number of rotatable bonds is 6. The highest BCUT2D eigenvalue weighted by Crippen LogP contribution is 2.17. The average molecular weight is 228 g/mol. The monoisotopic (exact) mass is 228 g/mol. The number of carbonyl (C=O) groups is 1. The Labute approximate surface area is 93.7 Å². The molecule has 0 saturated carbocycles. The average Bonchev–Trinajstić information content (AvgIpc) is 2.52. The molecule has 0 unspecified atom stereocenters. The summed E-state index contributed by atoms with van der Waals surface area (Å²) in [5, 5.41) is 9.40. The third-order valence-electron chi connectivity index (χ3n) is 1.94. The van der Waals surface area contributed by atoms with Gasteiger partial charge in [0.1, 0.15) is 0 Å². The normalized spacial score (nSPS) is 10.5. The second-order valence-corrected chi connectivity index (χ2v) is 4.34. The summed E-state index contributed by atoms with van der Waals surface area (Å²) >= 11 is 1.28. The van der Waals surface area contributed by atoms with Crippen LogP contribution in [0.2, 0.25) is 0 Å². The fourth-order valence-corrected chi connectivity index (χ4v) is 2.03. The van der Waals surface area contributed by atoms with Gasteiger partial charge in [-0.15, -0.1) is 0 Å². The van der Waals surface area contributed by atoms with Crippen LogP contribution in [0.3, 0.4) is 0 Å². The number of hydrogen-bond donors (Lipinski definition) is 1. The molecule has 0 fully saturated rings. The first-order valence-corrected chi connectivity index (χ1v) is 6.00. The highest BCUT2D eigenvalue weighted by atomic mass is 32.2. The third kappa shape index (κ3) is 3.95. The Morgan fingerprint density at radius 2 is 2.40 bits per heavy atom. The van der Waals surface area contributed by atoms with E-state index in [9.17, 15) is 4.79 Å². The summed E-state index contributed by atoms with van der Waals surface area (Å²) in [4.78, 5) is 14.7. The highest BCUT2D eigenvalue weighted by molar-refractivity contribution is 7.99. The second-order valence-electron chi connectivity index (χ2n) is 3.39. The number of unbranched alkanes of at least 4 members (excludes halogenated alkanes) is 1. The van der Waals surface area contributed by atoms with Crippen LogP contribution in [0.4, 0.5) is 0 Å². The van der Waals surface area contributed by atoms with E-state index in [4.69, 9.17) is 5.11 Å². The number of nitrogens with zero attached hydrogens (tertiary/aromatic N) is 2. The smallest absolute Gasteiger partial charge is 0.313 e. The Kier molecular flexibility index (Phi) is 4.68. The van der Waals surface area contributed by atoms with Crippen molar-refractivity contribution < 1.29 is 9.90 Å². The van der Waals surface area contributed by atoms with E-state index in [2.05, 4.69) is 11.9 Å². The Bertz CT molecular complexity index is 336. The van der Waals surface area contributed by atoms with Gasteiger partial charge in [-0.2, -0.15) is 0 Å². The first kappa shape index (κ1) is 12.1. The van der Waals surface area contributed by atoms with Crippen LogP contribution in [0, 0.1) is 6.92 Å². The van der Waals surface area contributed by atoms with Gasteiger partial charge in [0.25, 0.3) is 0 Å². The molecule has 0 saturated heterocycles. The van der Waals surface area contributed by atoms with E-state index in [1.165, 1.54) is 11.8 Å². The number of aromatic nitrogens is 2. The van der Waals surface area contributed by atoms with E-state index in [0.717, 1.165) is 30.2 Å². The van der Waals surface area contributed by atoms with Crippen molar-refractivity contribution in [2.75, 3.05) is 5.75 Å². The minimum absolute atomic E-state index is 0.0720. The van der Waals surface area contributed by atoms with Crippen LogP contribution in [0.15, 0.2) is 11.4 Å². The predicted molar refractivity (Wildman–Crippen MR) is 60.2 cm³/mol. The zero-order chi connectivity index (χ0) is 11.3. The summed E-state index contributed by atoms with van der Waals surface area (Å²) < 4.78 is 2.03. The Morgan fingerprint density at radius 3 is 3.00 bits per heavy atom. The van der Waals surface area contributed by atoms with Gasteiger partial charge >= 0.3 is 5.97 Å². The first-order valence-electron chi connectivity index (χ1n) is 5.02. The van der Waals surface area contributed by atoms with Gasteiger partial charge < -0.3 is 9.67 Å². The summed E-state index contributed by atoms with van der Waals surface area (Å²) in [6.07, 6.45) is 4.19. The van der Waals surface area contributed by atoms with E-state index in [1.54, 1.807) is 0 Å². The quantitative estimate of drug-likeness (QED) is 0.758. The number of aryl methyl sites for hydroxylation is 2. The number of aliphatic carboxylic acids is 1. The van der Waals surface area contributed by atoms with Gasteiger partial charge in [0.05, 0.1) is 11.4 Å². The number of thioether (sulfide) groups is 1. The molecule has 84 valence electrons. The summed E-state index contributed by atoms with van der Waals surface area (Å²) in [6.45, 7) is 4.97. The highest BCUT2D eigenvalue weighted by Gasteiger charge is 2.07. The van der Waals surface area contributed by atoms with Crippen LogP contribution in [0.5, 0.6) is 0 Å². The molecule has 0 bridgehead atoms. The zero-order valence-electron chi connectivity index (χ0n) is 9.06. The van der Waals surface area contributed by atoms with Crippen molar-refractivity contribution in [2.24, 2.45) is 0 Å². The molecule has 1 heterocycles. The van der Waals surface area contributed by atoms with E-state index >= 15 is 0 Å². The lowest BCUT2D eigenvalue weighted by molar-refractivity contribution is -0.133. The lowest BCUT2D eigenvalue weighted by Crippen LogP contribution is -2.02. The van der Waals surface area contributed by atoms with Crippen LogP contribution in [0.1, 0.15) is 25.5 Å². The van der Waals surface area contributed by atoms with Crippen molar-refractivity contribution >= 4 is 17.7 Å². The van der Waals surface area contributed by atoms with Crippen LogP contribution >= 0.6 is 11.8 Å². The lowest BCUT2D eigenvalue weighted by Gasteiger charge is -2.04. The van der Waals surface area contributed by atoms with E-state index < -0.39 is 5.97 Å². The number of imidazole rings is 1. The molecule has 5 heteroatoms. The lowest BCUT2D eigenvalue weighted by atomic mass is 10.3. The van der Waals surface area contributed by atoms with E-state index in [0.29, 0.717) is 0 Å². The summed E-state index contributed by atoms with van der Waals surface area (Å²) in [5.74, 6) is -0.731. The molecular formula is C10H16N2O2S. The SMILES string of the molecule is CCCCn1cc(C)nc1SCC(=O)O. The molecule has 0 aliphatic carbocycles. The molecule has 15 heavy (non-hydrogen) atoms. The van der Waals surface area contributed by atoms with E-state index in [1.807, 2.05) is 17.7 Å². The molecule has 1 aromatic rings. The molecule has 1 aromatic heterocycles. The maximum absolute atomic E-state index is 10.4. The minimum Gasteiger partial charge on any atom is -0.481 e. The fourth-order valence-electron chi connectivity index (χ4n) is 1.25. The predicted octanol–water partition coefficient (Wildman–Crippen LogP) is 2.17. The van der Waals surface area contributed by atoms with Crippen LogP contribution in [-0.4, -0.2) is 26.4 Å². The molecule has 4 nitrogen and oxygen atoms in total. The van der Waals surface area contributed by atoms with Gasteiger partial charge in [0.15, 0.2) is 5.16 Å². The molecule has 0 aromatic carbocycles. The van der Waals surface area contributed by atoms with Crippen LogP contribution < -0.4 is 0 Å². The number of carboxylic acid groups (broad SMARTS) is 1. The zero-order valence-corrected chi connectivity index (χ0v) is 9.88. The number of carboxylic acids is 1. The van der Waals surface area contributed by atoms with Crippen molar-refractivity contribution in [3.8, 4) is 0 Å². The molecule has 0 aliphatic heterocycles. The topological polar surface area (TPSA) is 55.1 Å². The maximum atomic E-state index is 10.4. The Morgan fingerprint density at radius 1 is 1.67 bits per heavy atom. The molecule has 0 aliphatic rings. The summed E-state index contributed by atoms with van der Waals surface area (Å²) in [6, 6.07) is 0. The van der Waals surface area contributed by atoms with Crippen molar-refractivity contribution in [3.63, 3.8) is 0 Å². The molecule has 0 atom stereocenters. The summed E-state index contributed by atoms with van der Waals surface area (Å²) in [7, 11) is 0. The van der Waals surface area contributed by atoms with E-state index in [-0.39, 0.29) is 5.75 Å².